The topological polar surface area (TPSA) is 65.1 Å². The van der Waals surface area contributed by atoms with Crippen LogP contribution in [0.4, 0.5) is 0 Å². The molecule has 0 bridgehead atoms. The Balaban J connectivity index is 1.63. The van der Waals surface area contributed by atoms with Gasteiger partial charge in [0.1, 0.15) is 0 Å². The largest absolute Gasteiger partial charge is 0.277 e. The molecule has 0 radical (unpaired) electrons. The van der Waals surface area contributed by atoms with Crippen LogP contribution in [-0.2, 0) is 0 Å². The van der Waals surface area contributed by atoms with E-state index in [2.05, 4.69) is 0 Å². The van der Waals surface area contributed by atoms with Gasteiger partial charge in [0.15, 0.2) is 0 Å². The van der Waals surface area contributed by atoms with Gasteiger partial charge in [-0.3, -0.25) is 9.20 Å². The molecule has 0 fully saturated rings. The third-order valence-corrected chi connectivity index (χ3v) is 6.37. The van der Waals surface area contributed by atoms with E-state index in [1.165, 1.54) is 4.57 Å². The zero-order valence-electron chi connectivity index (χ0n) is 19.1. The van der Waals surface area contributed by atoms with E-state index in [0.717, 1.165) is 39.1 Å². The van der Waals surface area contributed by atoms with Crippen molar-refractivity contribution in [2.45, 2.75) is 0 Å². The molecule has 170 valence electrons. The molecule has 6 heteroatoms. The summed E-state index contributed by atoms with van der Waals surface area (Å²) in [5.74, 6) is 0.760. The Labute approximate surface area is 205 Å². The quantitative estimate of drug-likeness (QED) is 0.325. The molecule has 7 rings (SSSR count). The normalized spacial score (nSPS) is 11.4. The molecule has 3 heterocycles. The van der Waals surface area contributed by atoms with Gasteiger partial charge in [-0.15, -0.1) is 0 Å². The van der Waals surface area contributed by atoms with Crippen molar-refractivity contribution < 1.29 is 0 Å². The van der Waals surface area contributed by atoms with Crippen molar-refractivity contribution in [2.75, 3.05) is 0 Å². The Morgan fingerprint density at radius 3 is 1.78 bits per heavy atom. The van der Waals surface area contributed by atoms with Crippen LogP contribution < -0.4 is 5.56 Å². The third-order valence-electron chi connectivity index (χ3n) is 6.37. The van der Waals surface area contributed by atoms with E-state index in [1.807, 2.05) is 120 Å². The molecule has 3 aromatic heterocycles. The molecule has 0 spiro atoms. The predicted octanol–water partition coefficient (Wildman–Crippen LogP) is 5.92. The number of hydrogen-bond acceptors (Lipinski definition) is 4. The van der Waals surface area contributed by atoms with Crippen molar-refractivity contribution in [3.05, 3.63) is 126 Å². The van der Waals surface area contributed by atoms with Gasteiger partial charge in [-0.25, -0.2) is 19.5 Å². The van der Waals surface area contributed by atoms with Gasteiger partial charge in [-0.05, 0) is 30.3 Å². The number of imidazole rings is 1. The smallest absolute Gasteiger partial charge is 0.269 e. The number of para-hydroxylation sites is 3. The number of aromatic nitrogens is 5. The fourth-order valence-electron chi connectivity index (χ4n) is 4.69. The second-order valence-corrected chi connectivity index (χ2v) is 8.56. The molecule has 7 aromatic rings. The van der Waals surface area contributed by atoms with Crippen LogP contribution in [0, 0.1) is 0 Å². The predicted molar refractivity (Wildman–Crippen MR) is 142 cm³/mol. The SMILES string of the molecule is O=c1c2ccccc2n2c3ccccc3nc2n1-c1nc(-c2ccccc2)cc(-c2ccccc2)n1. The molecule has 4 aromatic carbocycles. The molecule has 36 heavy (non-hydrogen) atoms. The minimum absolute atomic E-state index is 0.211. The summed E-state index contributed by atoms with van der Waals surface area (Å²) in [6.45, 7) is 0. The van der Waals surface area contributed by atoms with Gasteiger partial charge >= 0.3 is 0 Å². The van der Waals surface area contributed by atoms with Crippen LogP contribution >= 0.6 is 0 Å². The van der Waals surface area contributed by atoms with Crippen LogP contribution in [0.3, 0.4) is 0 Å². The Morgan fingerprint density at radius 2 is 1.11 bits per heavy atom. The lowest BCUT2D eigenvalue weighted by Gasteiger charge is -2.13. The Bertz CT molecular complexity index is 1900. The van der Waals surface area contributed by atoms with Gasteiger partial charge in [0, 0.05) is 11.1 Å². The molecular formula is C30H19N5O. The highest BCUT2D eigenvalue weighted by atomic mass is 16.1. The minimum Gasteiger partial charge on any atom is -0.277 e. The maximum atomic E-state index is 13.9. The zero-order valence-corrected chi connectivity index (χ0v) is 19.1. The van der Waals surface area contributed by atoms with Gasteiger partial charge in [-0.1, -0.05) is 84.9 Å². The van der Waals surface area contributed by atoms with Crippen LogP contribution in [0.15, 0.2) is 120 Å². The van der Waals surface area contributed by atoms with E-state index < -0.39 is 0 Å². The van der Waals surface area contributed by atoms with Crippen molar-refractivity contribution >= 4 is 27.7 Å². The van der Waals surface area contributed by atoms with Crippen molar-refractivity contribution in [3.8, 4) is 28.5 Å². The third kappa shape index (κ3) is 3.12. The highest BCUT2D eigenvalue weighted by Gasteiger charge is 2.19. The average Bonchev–Trinajstić information content (AvgIpc) is 3.33. The second-order valence-electron chi connectivity index (χ2n) is 8.56. The fraction of sp³-hybridized carbons (Fsp3) is 0. The lowest BCUT2D eigenvalue weighted by Crippen LogP contribution is -2.24. The van der Waals surface area contributed by atoms with Gasteiger partial charge in [-0.2, -0.15) is 0 Å². The number of rotatable bonds is 3. The van der Waals surface area contributed by atoms with Crippen LogP contribution in [0.2, 0.25) is 0 Å². The zero-order chi connectivity index (χ0) is 24.1. The number of fused-ring (bicyclic) bond motifs is 5. The summed E-state index contributed by atoms with van der Waals surface area (Å²) in [4.78, 5) is 28.6. The first kappa shape index (κ1) is 20.3. The summed E-state index contributed by atoms with van der Waals surface area (Å²) in [7, 11) is 0. The first-order valence-corrected chi connectivity index (χ1v) is 11.7. The summed E-state index contributed by atoms with van der Waals surface area (Å²) >= 11 is 0. The Kier molecular flexibility index (Phi) is 4.50. The Morgan fingerprint density at radius 1 is 0.556 bits per heavy atom. The van der Waals surface area contributed by atoms with Gasteiger partial charge in [0.05, 0.1) is 33.3 Å². The highest BCUT2D eigenvalue weighted by molar-refractivity contribution is 5.89. The maximum Gasteiger partial charge on any atom is 0.269 e. The monoisotopic (exact) mass is 465 g/mol. The average molecular weight is 466 g/mol. The van der Waals surface area contributed by atoms with Crippen LogP contribution in [0.25, 0.3) is 56.2 Å². The molecule has 0 atom stereocenters. The summed E-state index contributed by atoms with van der Waals surface area (Å²) < 4.78 is 3.54. The van der Waals surface area contributed by atoms with Crippen LogP contribution in [0.1, 0.15) is 0 Å². The van der Waals surface area contributed by atoms with Crippen molar-refractivity contribution in [2.24, 2.45) is 0 Å². The lowest BCUT2D eigenvalue weighted by atomic mass is 10.1. The first-order chi connectivity index (χ1) is 17.8. The van der Waals surface area contributed by atoms with Gasteiger partial charge in [0.25, 0.3) is 5.56 Å². The van der Waals surface area contributed by atoms with E-state index in [9.17, 15) is 4.79 Å². The molecule has 0 unspecified atom stereocenters. The lowest BCUT2D eigenvalue weighted by molar-refractivity contribution is 0.895. The summed E-state index contributed by atoms with van der Waals surface area (Å²) in [6, 6.07) is 37.3. The first-order valence-electron chi connectivity index (χ1n) is 11.7. The van der Waals surface area contributed by atoms with E-state index in [4.69, 9.17) is 15.0 Å². The number of hydrogen-bond donors (Lipinski definition) is 0. The van der Waals surface area contributed by atoms with Crippen molar-refractivity contribution in [1.29, 1.82) is 0 Å². The van der Waals surface area contributed by atoms with E-state index in [0.29, 0.717) is 11.2 Å². The molecular weight excluding hydrogens is 446 g/mol. The Hall–Kier alpha value is -5.10. The summed E-state index contributed by atoms with van der Waals surface area (Å²) in [5, 5.41) is 0.572. The van der Waals surface area contributed by atoms with E-state index in [1.54, 1.807) is 0 Å². The highest BCUT2D eigenvalue weighted by Crippen LogP contribution is 2.27. The van der Waals surface area contributed by atoms with E-state index in [-0.39, 0.29) is 11.5 Å². The van der Waals surface area contributed by atoms with Crippen molar-refractivity contribution in [1.82, 2.24) is 23.9 Å². The molecule has 0 saturated carbocycles. The number of benzene rings is 4. The standard InChI is InChI=1S/C30H19N5O/c36-28-22-15-7-9-17-26(22)34-27-18-10-8-16-23(27)33-30(34)35(28)29-31-24(20-11-3-1-4-12-20)19-25(32-29)21-13-5-2-6-14-21/h1-19H. The molecule has 0 aliphatic rings. The second kappa shape index (κ2) is 7.99. The molecule has 0 saturated heterocycles. The summed E-state index contributed by atoms with van der Waals surface area (Å²) in [5.41, 5.74) is 5.64. The van der Waals surface area contributed by atoms with Gasteiger partial charge in [0.2, 0.25) is 11.7 Å². The van der Waals surface area contributed by atoms with Crippen LogP contribution in [0.5, 0.6) is 0 Å². The maximum absolute atomic E-state index is 13.9. The molecule has 0 amide bonds. The fourth-order valence-corrected chi connectivity index (χ4v) is 4.69. The molecule has 6 nitrogen and oxygen atoms in total. The van der Waals surface area contributed by atoms with Gasteiger partial charge < -0.3 is 0 Å². The van der Waals surface area contributed by atoms with Crippen LogP contribution in [-0.4, -0.2) is 23.9 Å². The number of nitrogens with zero attached hydrogens (tertiary/aromatic N) is 5. The molecule has 0 N–H and O–H groups in total. The summed E-state index contributed by atoms with van der Waals surface area (Å²) in [6.07, 6.45) is 0. The van der Waals surface area contributed by atoms with Crippen molar-refractivity contribution in [3.63, 3.8) is 0 Å². The molecule has 0 aliphatic heterocycles. The minimum atomic E-state index is -0.211. The van der Waals surface area contributed by atoms with E-state index >= 15 is 0 Å². The molecule has 0 aliphatic carbocycles.